The van der Waals surface area contributed by atoms with Crippen molar-refractivity contribution >= 4 is 83.7 Å². The summed E-state index contributed by atoms with van der Waals surface area (Å²) in [6, 6.07) is 12.2. The van der Waals surface area contributed by atoms with Gasteiger partial charge >= 0.3 is 0 Å². The number of fused-ring (bicyclic) bond motifs is 1. The number of carbonyl (C=O) groups is 2. The monoisotopic (exact) mass is 509 g/mol. The minimum atomic E-state index is -0.384. The number of likely N-dealkylation sites (N-methyl/N-ethyl adjacent to an activating group) is 2. The molecule has 2 saturated heterocycles. The van der Waals surface area contributed by atoms with Gasteiger partial charge in [-0.05, 0) is 74.0 Å². The number of benzene rings is 1. The molecule has 0 atom stereocenters. The highest BCUT2D eigenvalue weighted by atomic mass is 32.1. The normalized spacial score (nSPS) is 17.5. The number of azo groups is 1. The van der Waals surface area contributed by atoms with Crippen LogP contribution in [0.2, 0.25) is 0 Å². The lowest BCUT2D eigenvalue weighted by molar-refractivity contribution is -0.132. The zero-order valence-electron chi connectivity index (χ0n) is 18.9. The topological polar surface area (TPSA) is 68.6 Å². The number of rotatable bonds is 4. The second-order valence-electron chi connectivity index (χ2n) is 8.29. The highest BCUT2D eigenvalue weighted by molar-refractivity contribution is 7.80. The Morgan fingerprint density at radius 2 is 1.53 bits per heavy atom. The number of nitrogens with zero attached hydrogens (tertiary/aromatic N) is 5. The smallest absolute Gasteiger partial charge is 0.265 e. The summed E-state index contributed by atoms with van der Waals surface area (Å²) in [5.41, 5.74) is 2.18. The van der Waals surface area contributed by atoms with E-state index >= 15 is 0 Å². The van der Waals surface area contributed by atoms with E-state index in [4.69, 9.17) is 12.2 Å². The SMILES string of the molecule is CN1C(=O)C(=Cc2cc3sc(N=Nc4ccc(N5CCCCC5)cc4)cc3s2)C(=O)N(C)C1=S. The highest BCUT2D eigenvalue weighted by Gasteiger charge is 2.35. The molecule has 3 aromatic rings. The fourth-order valence-electron chi connectivity index (χ4n) is 4.07. The van der Waals surface area contributed by atoms with E-state index in [9.17, 15) is 9.59 Å². The Labute approximate surface area is 211 Å². The molecule has 0 bridgehead atoms. The molecule has 2 aliphatic heterocycles. The van der Waals surface area contributed by atoms with Crippen molar-refractivity contribution < 1.29 is 9.59 Å². The Bertz CT molecular complexity index is 1270. The summed E-state index contributed by atoms with van der Waals surface area (Å²) in [6.07, 6.45) is 5.47. The fourth-order valence-corrected chi connectivity index (χ4v) is 6.40. The molecule has 2 fully saturated rings. The van der Waals surface area contributed by atoms with Gasteiger partial charge in [-0.3, -0.25) is 19.4 Å². The molecule has 7 nitrogen and oxygen atoms in total. The Morgan fingerprint density at radius 3 is 2.18 bits per heavy atom. The van der Waals surface area contributed by atoms with Crippen molar-refractivity contribution in [1.82, 2.24) is 9.80 Å². The van der Waals surface area contributed by atoms with Gasteiger partial charge in [-0.15, -0.1) is 32.9 Å². The minimum Gasteiger partial charge on any atom is -0.372 e. The lowest BCUT2D eigenvalue weighted by Gasteiger charge is -2.31. The number of thiocarbonyl (C=S) groups is 1. The number of hydrogen-bond acceptors (Lipinski definition) is 8. The predicted molar refractivity (Wildman–Crippen MR) is 142 cm³/mol. The lowest BCUT2D eigenvalue weighted by Crippen LogP contribution is -2.52. The molecule has 5 rings (SSSR count). The van der Waals surface area contributed by atoms with Crippen LogP contribution in [0.25, 0.3) is 15.5 Å². The van der Waals surface area contributed by atoms with Crippen molar-refractivity contribution in [2.24, 2.45) is 10.2 Å². The summed E-state index contributed by atoms with van der Waals surface area (Å²) in [5.74, 6) is -0.767. The van der Waals surface area contributed by atoms with E-state index in [0.29, 0.717) is 0 Å². The van der Waals surface area contributed by atoms with E-state index in [0.717, 1.165) is 38.1 Å². The maximum atomic E-state index is 12.5. The van der Waals surface area contributed by atoms with Crippen LogP contribution >= 0.6 is 34.9 Å². The summed E-state index contributed by atoms with van der Waals surface area (Å²) in [7, 11) is 3.15. The molecule has 0 saturated carbocycles. The molecule has 2 aliphatic rings. The Balaban J connectivity index is 1.31. The minimum absolute atomic E-state index is 0.111. The molecule has 0 unspecified atom stereocenters. The standard InChI is InChI=1S/C24H23N5O2S3/c1-27-22(30)18(23(31)28(2)24(27)32)12-17-13-19-20(33-17)14-21(34-19)26-25-15-6-8-16(9-7-15)29-10-4-3-5-11-29/h6-9,12-14H,3-5,10-11H2,1-2H3. The van der Waals surface area contributed by atoms with Gasteiger partial charge in [0.05, 0.1) is 5.69 Å². The first-order chi connectivity index (χ1) is 16.4. The van der Waals surface area contributed by atoms with E-state index in [-0.39, 0.29) is 22.5 Å². The first-order valence-electron chi connectivity index (χ1n) is 11.0. The molecule has 0 radical (unpaired) electrons. The van der Waals surface area contributed by atoms with Gasteiger partial charge in [-0.2, -0.15) is 0 Å². The second kappa shape index (κ2) is 9.36. The van der Waals surface area contributed by atoms with Crippen LogP contribution in [-0.4, -0.2) is 53.9 Å². The average molecular weight is 510 g/mol. The van der Waals surface area contributed by atoms with Gasteiger partial charge < -0.3 is 4.90 Å². The maximum absolute atomic E-state index is 12.5. The van der Waals surface area contributed by atoms with Crippen molar-refractivity contribution in [3.63, 3.8) is 0 Å². The van der Waals surface area contributed by atoms with Crippen LogP contribution in [-0.2, 0) is 9.59 Å². The van der Waals surface area contributed by atoms with Crippen LogP contribution in [0.5, 0.6) is 0 Å². The highest BCUT2D eigenvalue weighted by Crippen LogP contribution is 2.39. The maximum Gasteiger partial charge on any atom is 0.265 e. The first kappa shape index (κ1) is 22.8. The Hall–Kier alpha value is -2.95. The van der Waals surface area contributed by atoms with Gasteiger partial charge in [-0.25, -0.2) is 0 Å². The van der Waals surface area contributed by atoms with E-state index in [1.54, 1.807) is 20.2 Å². The molecule has 174 valence electrons. The van der Waals surface area contributed by atoms with Crippen LogP contribution in [0, 0.1) is 0 Å². The van der Waals surface area contributed by atoms with Crippen molar-refractivity contribution in [3.8, 4) is 0 Å². The van der Waals surface area contributed by atoms with E-state index in [2.05, 4.69) is 27.3 Å². The van der Waals surface area contributed by atoms with Crippen LogP contribution in [0.4, 0.5) is 16.4 Å². The fraction of sp³-hybridized carbons (Fsp3) is 0.292. The van der Waals surface area contributed by atoms with Crippen molar-refractivity contribution in [3.05, 3.63) is 46.8 Å². The van der Waals surface area contributed by atoms with Gasteiger partial charge in [0.1, 0.15) is 10.6 Å². The van der Waals surface area contributed by atoms with Crippen LogP contribution in [0.3, 0.4) is 0 Å². The van der Waals surface area contributed by atoms with Gasteiger partial charge in [0, 0.05) is 47.1 Å². The molecule has 34 heavy (non-hydrogen) atoms. The summed E-state index contributed by atoms with van der Waals surface area (Å²) < 4.78 is 2.08. The third kappa shape index (κ3) is 4.40. The number of hydrogen-bond donors (Lipinski definition) is 0. The quantitative estimate of drug-likeness (QED) is 0.188. The molecule has 0 aliphatic carbocycles. The van der Waals surface area contributed by atoms with Crippen LogP contribution in [0.15, 0.2) is 52.2 Å². The molecule has 0 spiro atoms. The second-order valence-corrected chi connectivity index (χ2v) is 10.8. The van der Waals surface area contributed by atoms with Crippen LogP contribution in [0.1, 0.15) is 24.1 Å². The summed E-state index contributed by atoms with van der Waals surface area (Å²) in [6.45, 7) is 2.24. The molecular formula is C24H23N5O2S3. The Morgan fingerprint density at radius 1 is 0.882 bits per heavy atom. The van der Waals surface area contributed by atoms with E-state index in [1.807, 2.05) is 24.3 Å². The summed E-state index contributed by atoms with van der Waals surface area (Å²) in [5, 5.41) is 9.82. The number of carbonyl (C=O) groups excluding carboxylic acids is 2. The molecule has 0 N–H and O–H groups in total. The summed E-state index contributed by atoms with van der Waals surface area (Å²) in [4.78, 5) is 31.0. The zero-order valence-corrected chi connectivity index (χ0v) is 21.3. The number of anilines is 1. The first-order valence-corrected chi connectivity index (χ1v) is 13.1. The summed E-state index contributed by atoms with van der Waals surface area (Å²) >= 11 is 8.18. The molecule has 2 amide bonds. The third-order valence-electron chi connectivity index (χ3n) is 5.98. The van der Waals surface area contributed by atoms with Gasteiger partial charge in [0.2, 0.25) is 0 Å². The van der Waals surface area contributed by atoms with E-state index in [1.165, 1.54) is 57.4 Å². The number of piperidine rings is 1. The van der Waals surface area contributed by atoms with Gasteiger partial charge in [-0.1, -0.05) is 0 Å². The zero-order chi connectivity index (χ0) is 23.8. The number of thiophene rings is 2. The molecule has 10 heteroatoms. The molecule has 2 aromatic heterocycles. The van der Waals surface area contributed by atoms with E-state index < -0.39 is 0 Å². The Kier molecular flexibility index (Phi) is 6.28. The molecular weight excluding hydrogens is 486 g/mol. The average Bonchev–Trinajstić information content (AvgIpc) is 3.42. The van der Waals surface area contributed by atoms with Gasteiger partial charge in [0.25, 0.3) is 11.8 Å². The van der Waals surface area contributed by atoms with Crippen LogP contribution < -0.4 is 4.90 Å². The van der Waals surface area contributed by atoms with Gasteiger partial charge in [0.15, 0.2) is 5.11 Å². The largest absolute Gasteiger partial charge is 0.372 e. The lowest BCUT2D eigenvalue weighted by atomic mass is 10.1. The number of amides is 2. The molecule has 4 heterocycles. The third-order valence-corrected chi connectivity index (χ3v) is 8.65. The predicted octanol–water partition coefficient (Wildman–Crippen LogP) is 5.97. The van der Waals surface area contributed by atoms with Crippen molar-refractivity contribution in [2.75, 3.05) is 32.1 Å². The van der Waals surface area contributed by atoms with Crippen molar-refractivity contribution in [2.45, 2.75) is 19.3 Å². The molecule has 1 aromatic carbocycles. The van der Waals surface area contributed by atoms with Crippen molar-refractivity contribution in [1.29, 1.82) is 0 Å².